The van der Waals surface area contributed by atoms with E-state index in [-0.39, 0.29) is 30.7 Å². The number of aromatic nitrogens is 2. The van der Waals surface area contributed by atoms with E-state index < -0.39 is 0 Å². The lowest BCUT2D eigenvalue weighted by molar-refractivity contribution is -0.121. The minimum absolute atomic E-state index is 0. The van der Waals surface area contributed by atoms with Gasteiger partial charge in [-0.05, 0) is 31.5 Å². The first-order valence-electron chi connectivity index (χ1n) is 7.23. The first-order valence-corrected chi connectivity index (χ1v) is 7.23. The van der Waals surface area contributed by atoms with Crippen molar-refractivity contribution in [2.75, 3.05) is 13.1 Å². The van der Waals surface area contributed by atoms with Gasteiger partial charge in [-0.2, -0.15) is 0 Å². The third-order valence-electron chi connectivity index (χ3n) is 3.82. The number of carbonyl (C=O) groups excluding carboxylic acids is 1. The minimum Gasteiger partial charge on any atom is -0.354 e. The van der Waals surface area contributed by atoms with E-state index in [4.69, 9.17) is 0 Å². The quantitative estimate of drug-likeness (QED) is 0.873. The van der Waals surface area contributed by atoms with Crippen molar-refractivity contribution < 1.29 is 4.79 Å². The fourth-order valence-electron chi connectivity index (χ4n) is 2.67. The molecule has 0 radical (unpaired) electrons. The summed E-state index contributed by atoms with van der Waals surface area (Å²) in [7, 11) is 0. The summed E-state index contributed by atoms with van der Waals surface area (Å²) >= 11 is 0. The molecule has 0 bridgehead atoms. The van der Waals surface area contributed by atoms with E-state index in [0.29, 0.717) is 19.0 Å². The molecule has 1 amide bonds. The zero-order valence-electron chi connectivity index (χ0n) is 12.3. The van der Waals surface area contributed by atoms with Gasteiger partial charge in [-0.25, -0.2) is 4.98 Å². The Morgan fingerprint density at radius 2 is 2.18 bits per heavy atom. The third kappa shape index (κ3) is 4.60. The largest absolute Gasteiger partial charge is 0.354 e. The van der Waals surface area contributed by atoms with Crippen LogP contribution in [0.5, 0.6) is 0 Å². The van der Waals surface area contributed by atoms with Gasteiger partial charge in [0, 0.05) is 25.6 Å². The number of rotatable bonds is 5. The number of hydrogen-bond donors (Lipinski definition) is 2. The Hall–Kier alpha value is -1.30. The summed E-state index contributed by atoms with van der Waals surface area (Å²) < 4.78 is 2.03. The molecule has 7 heteroatoms. The van der Waals surface area contributed by atoms with Gasteiger partial charge in [0.05, 0.1) is 17.4 Å². The second-order valence-corrected chi connectivity index (χ2v) is 5.27. The van der Waals surface area contributed by atoms with Gasteiger partial charge in [0.2, 0.25) is 5.91 Å². The van der Waals surface area contributed by atoms with Gasteiger partial charge in [0.25, 0.3) is 0 Å². The van der Waals surface area contributed by atoms with E-state index in [1.54, 1.807) is 6.33 Å². The van der Waals surface area contributed by atoms with Gasteiger partial charge in [0.1, 0.15) is 0 Å². The van der Waals surface area contributed by atoms with Gasteiger partial charge in [-0.3, -0.25) is 4.79 Å². The molecule has 1 atom stereocenters. The average Bonchev–Trinajstić information content (AvgIpc) is 3.12. The number of halogens is 2. The molecule has 0 spiro atoms. The second kappa shape index (κ2) is 8.98. The molecule has 122 valence electrons. The van der Waals surface area contributed by atoms with Crippen LogP contribution in [0.2, 0.25) is 0 Å². The SMILES string of the molecule is Cl.Cl.O=C(CCn1cnc2ccccc21)NCC1CCCN1. The fraction of sp³-hybridized carbons (Fsp3) is 0.467. The first-order chi connectivity index (χ1) is 9.83. The van der Waals surface area contributed by atoms with E-state index in [0.717, 1.165) is 30.5 Å². The highest BCUT2D eigenvalue weighted by Gasteiger charge is 2.14. The van der Waals surface area contributed by atoms with Crippen LogP contribution in [0.4, 0.5) is 0 Å². The number of hydrogen-bond acceptors (Lipinski definition) is 3. The second-order valence-electron chi connectivity index (χ2n) is 5.27. The molecule has 5 nitrogen and oxygen atoms in total. The molecule has 22 heavy (non-hydrogen) atoms. The molecule has 1 aromatic heterocycles. The molecule has 2 heterocycles. The number of carbonyl (C=O) groups is 1. The first kappa shape index (κ1) is 18.7. The van der Waals surface area contributed by atoms with Crippen LogP contribution in [0.3, 0.4) is 0 Å². The molecule has 1 unspecified atom stereocenters. The Bertz CT molecular complexity index is 596. The van der Waals surface area contributed by atoms with Gasteiger partial charge in [-0.1, -0.05) is 12.1 Å². The van der Waals surface area contributed by atoms with Gasteiger partial charge in [0.15, 0.2) is 0 Å². The Morgan fingerprint density at radius 3 is 2.95 bits per heavy atom. The zero-order valence-corrected chi connectivity index (χ0v) is 14.0. The van der Waals surface area contributed by atoms with E-state index in [9.17, 15) is 4.79 Å². The summed E-state index contributed by atoms with van der Waals surface area (Å²) in [6.07, 6.45) is 4.66. The molecule has 1 fully saturated rings. The summed E-state index contributed by atoms with van der Waals surface area (Å²) in [5, 5.41) is 6.38. The van der Waals surface area contributed by atoms with Crippen molar-refractivity contribution in [1.82, 2.24) is 20.2 Å². The van der Waals surface area contributed by atoms with Crippen molar-refractivity contribution in [3.8, 4) is 0 Å². The maximum atomic E-state index is 11.9. The predicted molar refractivity (Wildman–Crippen MR) is 92.9 cm³/mol. The predicted octanol–water partition coefficient (Wildman–Crippen LogP) is 2.14. The summed E-state index contributed by atoms with van der Waals surface area (Å²) in [6, 6.07) is 8.43. The zero-order chi connectivity index (χ0) is 13.8. The van der Waals surface area contributed by atoms with Crippen molar-refractivity contribution in [3.63, 3.8) is 0 Å². The van der Waals surface area contributed by atoms with Crippen molar-refractivity contribution in [3.05, 3.63) is 30.6 Å². The summed E-state index contributed by atoms with van der Waals surface area (Å²) in [5.41, 5.74) is 2.06. The van der Waals surface area contributed by atoms with E-state index in [1.807, 2.05) is 28.8 Å². The monoisotopic (exact) mass is 344 g/mol. The van der Waals surface area contributed by atoms with Crippen molar-refractivity contribution in [2.45, 2.75) is 31.8 Å². The number of para-hydroxylation sites is 2. The number of imidazole rings is 1. The normalized spacial score (nSPS) is 16.8. The lowest BCUT2D eigenvalue weighted by Gasteiger charge is -2.11. The van der Waals surface area contributed by atoms with Crippen LogP contribution in [-0.2, 0) is 11.3 Å². The van der Waals surface area contributed by atoms with Crippen molar-refractivity contribution in [2.24, 2.45) is 0 Å². The minimum atomic E-state index is 0. The smallest absolute Gasteiger partial charge is 0.221 e. The third-order valence-corrected chi connectivity index (χ3v) is 3.82. The number of aryl methyl sites for hydroxylation is 1. The molecule has 1 saturated heterocycles. The summed E-state index contributed by atoms with van der Waals surface area (Å²) in [4.78, 5) is 16.2. The average molecular weight is 345 g/mol. The molecule has 0 aliphatic carbocycles. The van der Waals surface area contributed by atoms with E-state index in [1.165, 1.54) is 6.42 Å². The Kier molecular flexibility index (Phi) is 7.65. The maximum Gasteiger partial charge on any atom is 0.221 e. The van der Waals surface area contributed by atoms with E-state index in [2.05, 4.69) is 15.6 Å². The van der Waals surface area contributed by atoms with Crippen molar-refractivity contribution in [1.29, 1.82) is 0 Å². The van der Waals surface area contributed by atoms with Gasteiger partial charge >= 0.3 is 0 Å². The van der Waals surface area contributed by atoms with Crippen LogP contribution >= 0.6 is 24.8 Å². The lowest BCUT2D eigenvalue weighted by atomic mass is 10.2. The molecule has 1 aliphatic rings. The fourth-order valence-corrected chi connectivity index (χ4v) is 2.67. The molecule has 3 rings (SSSR count). The highest BCUT2D eigenvalue weighted by molar-refractivity contribution is 5.85. The number of benzene rings is 1. The topological polar surface area (TPSA) is 59.0 Å². The lowest BCUT2D eigenvalue weighted by Crippen LogP contribution is -2.37. The van der Waals surface area contributed by atoms with E-state index >= 15 is 0 Å². The Labute approximate surface area is 142 Å². The highest BCUT2D eigenvalue weighted by Crippen LogP contribution is 2.12. The van der Waals surface area contributed by atoms with Crippen LogP contribution in [-0.4, -0.2) is 34.6 Å². The van der Waals surface area contributed by atoms with Gasteiger partial charge in [-0.15, -0.1) is 24.8 Å². The van der Waals surface area contributed by atoms with Crippen LogP contribution in [0.15, 0.2) is 30.6 Å². The van der Waals surface area contributed by atoms with Crippen molar-refractivity contribution >= 4 is 41.8 Å². The summed E-state index contributed by atoms with van der Waals surface area (Å²) in [6.45, 7) is 2.48. The van der Waals surface area contributed by atoms with Crippen LogP contribution in [0.25, 0.3) is 11.0 Å². The maximum absolute atomic E-state index is 11.9. The number of amides is 1. The molecular formula is C15H22Cl2N4O. The van der Waals surface area contributed by atoms with Crippen LogP contribution in [0, 0.1) is 0 Å². The molecule has 2 aromatic rings. The Morgan fingerprint density at radius 1 is 1.36 bits per heavy atom. The highest BCUT2D eigenvalue weighted by atomic mass is 35.5. The molecule has 0 saturated carbocycles. The number of nitrogens with zero attached hydrogens (tertiary/aromatic N) is 2. The summed E-state index contributed by atoms with van der Waals surface area (Å²) in [5.74, 6) is 0.108. The number of fused-ring (bicyclic) bond motifs is 1. The van der Waals surface area contributed by atoms with Gasteiger partial charge < -0.3 is 15.2 Å². The van der Waals surface area contributed by atoms with Crippen LogP contribution < -0.4 is 10.6 Å². The Balaban J connectivity index is 0.00000121. The number of nitrogens with one attached hydrogen (secondary N) is 2. The molecule has 1 aliphatic heterocycles. The standard InChI is InChI=1S/C15H20N4O.2ClH/c20-15(17-10-12-4-3-8-16-12)7-9-19-11-18-13-5-1-2-6-14(13)19;;/h1-2,5-6,11-12,16H,3-4,7-10H2,(H,17,20);2*1H. The molecule has 2 N–H and O–H groups in total. The van der Waals surface area contributed by atoms with Crippen LogP contribution in [0.1, 0.15) is 19.3 Å². The molecule has 1 aromatic carbocycles. The molecular weight excluding hydrogens is 323 g/mol.